The predicted molar refractivity (Wildman–Crippen MR) is 169 cm³/mol. The van der Waals surface area contributed by atoms with Crippen molar-refractivity contribution >= 4 is 34.3 Å². The first-order valence-corrected chi connectivity index (χ1v) is 17.0. The van der Waals surface area contributed by atoms with Gasteiger partial charge in [-0.25, -0.2) is 8.42 Å². The maximum absolute atomic E-state index is 14.5. The van der Waals surface area contributed by atoms with E-state index in [1.807, 2.05) is 67.6 Å². The average Bonchev–Trinajstić information content (AvgIpc) is 3.32. The van der Waals surface area contributed by atoms with E-state index in [2.05, 4.69) is 24.3 Å². The number of fused-ring (bicyclic) bond motifs is 1. The first kappa shape index (κ1) is 29.7. The summed E-state index contributed by atoms with van der Waals surface area (Å²) < 4.78 is 35.5. The summed E-state index contributed by atoms with van der Waals surface area (Å²) in [6.07, 6.45) is 1.89. The molecule has 4 aromatic carbocycles. The minimum absolute atomic E-state index is 0.0890. The van der Waals surface area contributed by atoms with Crippen LogP contribution in [0.5, 0.6) is 0 Å². The van der Waals surface area contributed by atoms with Crippen molar-refractivity contribution in [3.05, 3.63) is 138 Å². The molecule has 4 aromatic rings. The number of aliphatic hydroxyl groups is 1. The van der Waals surface area contributed by atoms with E-state index in [4.69, 9.17) is 4.74 Å². The predicted octanol–water partition coefficient (Wildman–Crippen LogP) is 5.90. The van der Waals surface area contributed by atoms with E-state index in [0.29, 0.717) is 11.7 Å². The van der Waals surface area contributed by atoms with Gasteiger partial charge >= 0.3 is 0 Å². The molecule has 1 heterocycles. The quantitative estimate of drug-likeness (QED) is 0.181. The van der Waals surface area contributed by atoms with Gasteiger partial charge in [0, 0.05) is 6.08 Å². The number of Topliss-reactive ketones (excluding diaryl/α,β-unsaturated/α-hetero) is 1. The lowest BCUT2D eigenvalue weighted by Crippen LogP contribution is -2.39. The number of hydrogen-bond donors (Lipinski definition) is 1. The van der Waals surface area contributed by atoms with E-state index >= 15 is 0 Å². The molecule has 6 nitrogen and oxygen atoms in total. The van der Waals surface area contributed by atoms with Gasteiger partial charge in [0.25, 0.3) is 5.95 Å². The van der Waals surface area contributed by atoms with Crippen molar-refractivity contribution in [1.29, 1.82) is 0 Å². The average molecular weight is 601 g/mol. The summed E-state index contributed by atoms with van der Waals surface area (Å²) in [5.41, 5.74) is 2.39. The zero-order valence-electron chi connectivity index (χ0n) is 23.8. The largest absolute Gasteiger partial charge is 0.481 e. The van der Waals surface area contributed by atoms with Gasteiger partial charge in [-0.1, -0.05) is 78.4 Å². The number of aliphatic hydroxyl groups excluding tert-OH is 1. The van der Waals surface area contributed by atoms with Crippen LogP contribution in [0.3, 0.4) is 0 Å². The highest BCUT2D eigenvalue weighted by molar-refractivity contribution is 7.89. The Morgan fingerprint density at radius 2 is 1.40 bits per heavy atom. The van der Waals surface area contributed by atoms with Gasteiger partial charge in [0.05, 0.1) is 54.7 Å². The summed E-state index contributed by atoms with van der Waals surface area (Å²) in [5, 5.41) is 12.8. The fourth-order valence-corrected chi connectivity index (χ4v) is 10.5. The Bertz CT molecular complexity index is 1630. The van der Waals surface area contributed by atoms with Crippen molar-refractivity contribution in [3.8, 4) is 0 Å². The summed E-state index contributed by atoms with van der Waals surface area (Å²) in [4.78, 5) is 13.8. The number of sulfonamides is 1. The van der Waals surface area contributed by atoms with Crippen LogP contribution < -0.4 is 10.6 Å². The molecule has 1 aliphatic rings. The maximum atomic E-state index is 14.5. The number of ketones is 1. The third-order valence-electron chi connectivity index (χ3n) is 7.86. The van der Waals surface area contributed by atoms with Crippen molar-refractivity contribution < 1.29 is 23.1 Å². The Morgan fingerprint density at radius 1 is 0.881 bits per heavy atom. The number of nitrogens with zero attached hydrogens (tertiary/aromatic N) is 1. The highest BCUT2D eigenvalue weighted by atomic mass is 32.2. The van der Waals surface area contributed by atoms with Gasteiger partial charge in [0.1, 0.15) is 5.78 Å². The molecular weight excluding hydrogens is 565 g/mol. The first-order chi connectivity index (χ1) is 20.2. The Balaban J connectivity index is 1.70. The Kier molecular flexibility index (Phi) is 8.93. The van der Waals surface area contributed by atoms with Gasteiger partial charge < -0.3 is 9.84 Å². The van der Waals surface area contributed by atoms with Crippen LogP contribution in [0.25, 0.3) is 0 Å². The fraction of sp³-hybridized carbons (Fsp3) is 0.206. The molecule has 0 aliphatic carbocycles. The number of carbonyl (C=O) groups excluding carboxylic acids is 1. The molecule has 0 saturated heterocycles. The SMILES string of the molecule is CO/C(O)=C/[C@@H]1c2ccccc2C(C(C[PH+](c2ccccc2)c2ccccc2)C(C)=O)N1S(=O)(=O)c1ccc(C)cc1. The topological polar surface area (TPSA) is 83.9 Å². The lowest BCUT2D eigenvalue weighted by atomic mass is 9.91. The molecule has 5 rings (SSSR count). The van der Waals surface area contributed by atoms with E-state index in [9.17, 15) is 18.3 Å². The number of hydrogen-bond acceptors (Lipinski definition) is 5. The lowest BCUT2D eigenvalue weighted by Gasteiger charge is -2.33. The fourth-order valence-electron chi connectivity index (χ4n) is 5.77. The third-order valence-corrected chi connectivity index (χ3v) is 12.6. The van der Waals surface area contributed by atoms with E-state index < -0.39 is 41.9 Å². The van der Waals surface area contributed by atoms with Crippen LogP contribution in [0.4, 0.5) is 0 Å². The molecule has 0 aromatic heterocycles. The van der Waals surface area contributed by atoms with Crippen LogP contribution in [-0.4, -0.2) is 36.9 Å². The second kappa shape index (κ2) is 12.6. The molecule has 2 unspecified atom stereocenters. The van der Waals surface area contributed by atoms with Gasteiger partial charge in [-0.05, 0) is 61.4 Å². The van der Waals surface area contributed by atoms with Gasteiger partial charge in [-0.3, -0.25) is 4.79 Å². The standard InChI is InChI=1S/C34H34NO5PS/c1-24-18-20-28(21-19-24)42(38,39)35-32(22-33(37)40-3)29-16-10-11-17-30(29)34(35)31(25(2)36)23-41(26-12-6-4-7-13-26)27-14-8-5-9-15-27/h4-22,31-32,34,37H,23H2,1-3H3/p+1/b33-22+/t31?,32-,34?/m1/s1. The Labute approximate surface area is 249 Å². The van der Waals surface area contributed by atoms with E-state index in [0.717, 1.165) is 21.7 Å². The van der Waals surface area contributed by atoms with Crippen LogP contribution in [0.15, 0.2) is 126 Å². The van der Waals surface area contributed by atoms with Crippen molar-refractivity contribution in [2.75, 3.05) is 13.3 Å². The molecule has 216 valence electrons. The summed E-state index contributed by atoms with van der Waals surface area (Å²) in [7, 11) is -4.30. The van der Waals surface area contributed by atoms with Gasteiger partial charge in [0.15, 0.2) is 0 Å². The third kappa shape index (κ3) is 5.91. The van der Waals surface area contributed by atoms with Crippen LogP contribution in [0.1, 0.15) is 35.7 Å². The van der Waals surface area contributed by atoms with Crippen molar-refractivity contribution in [2.45, 2.75) is 30.8 Å². The molecule has 0 saturated carbocycles. The van der Waals surface area contributed by atoms with E-state index in [1.165, 1.54) is 17.5 Å². The zero-order chi connectivity index (χ0) is 29.9. The van der Waals surface area contributed by atoms with Crippen LogP contribution in [0, 0.1) is 12.8 Å². The maximum Gasteiger partial charge on any atom is 0.274 e. The molecule has 0 radical (unpaired) electrons. The molecule has 3 atom stereocenters. The van der Waals surface area contributed by atoms with E-state index in [-0.39, 0.29) is 10.7 Å². The molecule has 1 aliphatic heterocycles. The summed E-state index contributed by atoms with van der Waals surface area (Å²) >= 11 is 0. The number of rotatable bonds is 10. The van der Waals surface area contributed by atoms with Crippen molar-refractivity contribution in [2.24, 2.45) is 5.92 Å². The molecule has 0 spiro atoms. The molecule has 0 fully saturated rings. The number of aryl methyl sites for hydroxylation is 1. The van der Waals surface area contributed by atoms with Crippen molar-refractivity contribution in [1.82, 2.24) is 4.31 Å². The molecule has 42 heavy (non-hydrogen) atoms. The summed E-state index contributed by atoms with van der Waals surface area (Å²) in [5.74, 6) is -1.13. The molecule has 0 bridgehead atoms. The second-order valence-corrected chi connectivity index (χ2v) is 14.9. The van der Waals surface area contributed by atoms with Crippen LogP contribution in [-0.2, 0) is 19.6 Å². The Morgan fingerprint density at radius 3 is 1.93 bits per heavy atom. The first-order valence-electron chi connectivity index (χ1n) is 13.8. The van der Waals surface area contributed by atoms with Gasteiger partial charge in [0.2, 0.25) is 10.0 Å². The molecule has 8 heteroatoms. The number of carbonyl (C=O) groups is 1. The number of ether oxygens (including phenoxy) is 1. The smallest absolute Gasteiger partial charge is 0.274 e. The highest BCUT2D eigenvalue weighted by Crippen LogP contribution is 2.52. The number of benzene rings is 4. The molecular formula is C34H35NO5PS+. The number of methoxy groups -OCH3 is 1. The monoisotopic (exact) mass is 600 g/mol. The van der Waals surface area contributed by atoms with Crippen LogP contribution in [0.2, 0.25) is 0 Å². The molecule has 1 N–H and O–H groups in total. The second-order valence-electron chi connectivity index (χ2n) is 10.5. The Hall–Kier alpha value is -3.77. The van der Waals surface area contributed by atoms with Gasteiger partial charge in [-0.2, -0.15) is 4.31 Å². The summed E-state index contributed by atoms with van der Waals surface area (Å²) in [6.45, 7) is 3.45. The van der Waals surface area contributed by atoms with Crippen molar-refractivity contribution in [3.63, 3.8) is 0 Å². The lowest BCUT2D eigenvalue weighted by molar-refractivity contribution is -0.121. The highest BCUT2D eigenvalue weighted by Gasteiger charge is 2.51. The summed E-state index contributed by atoms with van der Waals surface area (Å²) in [6, 6.07) is 32.8. The molecule has 0 amide bonds. The van der Waals surface area contributed by atoms with E-state index in [1.54, 1.807) is 31.2 Å². The normalized spacial score (nSPS) is 18.0. The van der Waals surface area contributed by atoms with Crippen LogP contribution >= 0.6 is 7.92 Å². The zero-order valence-corrected chi connectivity index (χ0v) is 25.7. The van der Waals surface area contributed by atoms with Gasteiger partial charge in [-0.15, -0.1) is 0 Å². The minimum Gasteiger partial charge on any atom is -0.481 e. The minimum atomic E-state index is -4.14.